The van der Waals surface area contributed by atoms with Crippen LogP contribution in [0, 0.1) is 11.6 Å². The maximum Gasteiger partial charge on any atom is 0.251 e. The van der Waals surface area contributed by atoms with Crippen molar-refractivity contribution in [2.45, 2.75) is 45.1 Å². The monoisotopic (exact) mass is 544 g/mol. The molecule has 0 fully saturated rings. The zero-order valence-corrected chi connectivity index (χ0v) is 22.4. The summed E-state index contributed by atoms with van der Waals surface area (Å²) in [6.07, 6.45) is -0.0615. The average Bonchev–Trinajstić information content (AvgIpc) is 2.96. The number of ether oxygens (including phenoxy) is 1. The smallest absolute Gasteiger partial charge is 0.251 e. The highest BCUT2D eigenvalue weighted by Crippen LogP contribution is 2.17. The summed E-state index contributed by atoms with van der Waals surface area (Å²) in [5, 5.41) is 17.1. The number of benzene rings is 4. The molecule has 0 heterocycles. The molecule has 0 radical (unpaired) electrons. The van der Waals surface area contributed by atoms with Gasteiger partial charge in [-0.3, -0.25) is 4.79 Å². The standard InChI is InChI=1S/C33H34F2N2O3/c1-2-23-10-6-11-25(14-23)20-36-21-32(38)31(17-26-15-28(34)19-29(35)16-26)37-33(39)27-12-7-13-30(18-27)40-22-24-8-4-3-5-9-24/h3-16,18-19,31-32,36,38H,2,17,20-22H2,1H3,(H,37,39). The molecule has 3 N–H and O–H groups in total. The number of aliphatic hydroxyl groups is 1. The van der Waals surface area contributed by atoms with Crippen LogP contribution in [-0.4, -0.2) is 29.7 Å². The van der Waals surface area contributed by atoms with E-state index in [0.717, 1.165) is 23.6 Å². The van der Waals surface area contributed by atoms with E-state index in [1.54, 1.807) is 24.3 Å². The molecule has 0 aliphatic carbocycles. The van der Waals surface area contributed by atoms with Crippen molar-refractivity contribution in [1.29, 1.82) is 0 Å². The number of hydrogen-bond acceptors (Lipinski definition) is 4. The van der Waals surface area contributed by atoms with Crippen LogP contribution in [0.4, 0.5) is 8.78 Å². The number of rotatable bonds is 13. The highest BCUT2D eigenvalue weighted by Gasteiger charge is 2.23. The van der Waals surface area contributed by atoms with Gasteiger partial charge in [0.2, 0.25) is 0 Å². The van der Waals surface area contributed by atoms with Gasteiger partial charge < -0.3 is 20.5 Å². The van der Waals surface area contributed by atoms with Gasteiger partial charge in [0.25, 0.3) is 5.91 Å². The predicted molar refractivity (Wildman–Crippen MR) is 152 cm³/mol. The van der Waals surface area contributed by atoms with E-state index < -0.39 is 29.7 Å². The number of amides is 1. The summed E-state index contributed by atoms with van der Waals surface area (Å²) in [6.45, 7) is 3.13. The van der Waals surface area contributed by atoms with Gasteiger partial charge in [-0.1, -0.05) is 67.6 Å². The predicted octanol–water partition coefficient (Wildman–Crippen LogP) is 5.60. The van der Waals surface area contributed by atoms with Crippen LogP contribution in [-0.2, 0) is 26.0 Å². The van der Waals surface area contributed by atoms with E-state index >= 15 is 0 Å². The van der Waals surface area contributed by atoms with Crippen molar-refractivity contribution in [2.24, 2.45) is 0 Å². The molecule has 0 bridgehead atoms. The van der Waals surface area contributed by atoms with E-state index in [-0.39, 0.29) is 13.0 Å². The van der Waals surface area contributed by atoms with Gasteiger partial charge in [-0.25, -0.2) is 8.78 Å². The van der Waals surface area contributed by atoms with E-state index in [2.05, 4.69) is 29.7 Å². The molecule has 1 amide bonds. The van der Waals surface area contributed by atoms with Gasteiger partial charge in [-0.15, -0.1) is 0 Å². The summed E-state index contributed by atoms with van der Waals surface area (Å²) in [5.74, 6) is -1.34. The normalized spacial score (nSPS) is 12.5. The third kappa shape index (κ3) is 8.73. The average molecular weight is 545 g/mol. The molecule has 2 atom stereocenters. The first-order valence-corrected chi connectivity index (χ1v) is 13.4. The summed E-state index contributed by atoms with van der Waals surface area (Å²) >= 11 is 0. The lowest BCUT2D eigenvalue weighted by atomic mass is 10.00. The number of carbonyl (C=O) groups excluding carboxylic acids is 1. The molecule has 7 heteroatoms. The SMILES string of the molecule is CCc1cccc(CNCC(O)C(Cc2cc(F)cc(F)c2)NC(=O)c2cccc(OCc3ccccc3)c2)c1. The fraction of sp³-hybridized carbons (Fsp3) is 0.242. The summed E-state index contributed by atoms with van der Waals surface area (Å²) in [4.78, 5) is 13.2. The molecule has 2 unspecified atom stereocenters. The Balaban J connectivity index is 1.44. The molecule has 208 valence electrons. The molecule has 4 aromatic carbocycles. The molecule has 0 aliphatic rings. The van der Waals surface area contributed by atoms with Crippen LogP contribution in [0.1, 0.15) is 39.5 Å². The Kier molecular flexibility index (Phi) is 10.4. The third-order valence-electron chi connectivity index (χ3n) is 6.59. The Morgan fingerprint density at radius 2 is 1.52 bits per heavy atom. The van der Waals surface area contributed by atoms with E-state index in [1.165, 1.54) is 17.7 Å². The molecule has 40 heavy (non-hydrogen) atoms. The van der Waals surface area contributed by atoms with Crippen molar-refractivity contribution >= 4 is 5.91 Å². The minimum Gasteiger partial charge on any atom is -0.489 e. The Hall–Kier alpha value is -4.07. The fourth-order valence-corrected chi connectivity index (χ4v) is 4.45. The zero-order chi connectivity index (χ0) is 28.3. The van der Waals surface area contributed by atoms with Crippen LogP contribution >= 0.6 is 0 Å². The van der Waals surface area contributed by atoms with Crippen LogP contribution in [0.15, 0.2) is 97.1 Å². The Labute approximate surface area is 233 Å². The van der Waals surface area contributed by atoms with Gasteiger partial charge in [-0.05, 0) is 65.4 Å². The number of halogens is 2. The molecule has 5 nitrogen and oxygen atoms in total. The first kappa shape index (κ1) is 28.9. The molecule has 4 aromatic rings. The maximum absolute atomic E-state index is 13.9. The molecular weight excluding hydrogens is 510 g/mol. The maximum atomic E-state index is 13.9. The fourth-order valence-electron chi connectivity index (χ4n) is 4.45. The molecule has 0 aromatic heterocycles. The highest BCUT2D eigenvalue weighted by atomic mass is 19.1. The number of aliphatic hydroxyl groups excluding tert-OH is 1. The summed E-state index contributed by atoms with van der Waals surface area (Å²) < 4.78 is 33.6. The first-order valence-electron chi connectivity index (χ1n) is 13.4. The van der Waals surface area contributed by atoms with Crippen molar-refractivity contribution < 1.29 is 23.4 Å². The summed E-state index contributed by atoms with van der Waals surface area (Å²) in [7, 11) is 0. The molecule has 0 aliphatic heterocycles. The van der Waals surface area contributed by atoms with Gasteiger partial charge in [0, 0.05) is 24.7 Å². The van der Waals surface area contributed by atoms with Crippen molar-refractivity contribution in [2.75, 3.05) is 6.54 Å². The van der Waals surface area contributed by atoms with E-state index in [9.17, 15) is 18.7 Å². The quantitative estimate of drug-likeness (QED) is 0.205. The van der Waals surface area contributed by atoms with E-state index in [0.29, 0.717) is 30.0 Å². The van der Waals surface area contributed by atoms with Crippen molar-refractivity contribution in [1.82, 2.24) is 10.6 Å². The van der Waals surface area contributed by atoms with Crippen LogP contribution in [0.3, 0.4) is 0 Å². The van der Waals surface area contributed by atoms with Crippen LogP contribution in [0.2, 0.25) is 0 Å². The molecular formula is C33H34F2N2O3. The van der Waals surface area contributed by atoms with Crippen LogP contribution < -0.4 is 15.4 Å². The lowest BCUT2D eigenvalue weighted by molar-refractivity contribution is 0.0829. The summed E-state index contributed by atoms with van der Waals surface area (Å²) in [6, 6.07) is 27.0. The van der Waals surface area contributed by atoms with Gasteiger partial charge in [0.15, 0.2) is 0 Å². The van der Waals surface area contributed by atoms with Crippen molar-refractivity contribution in [3.8, 4) is 5.75 Å². The molecule has 0 spiro atoms. The first-order chi connectivity index (χ1) is 19.4. The number of hydrogen-bond donors (Lipinski definition) is 3. The molecule has 4 rings (SSSR count). The second-order valence-electron chi connectivity index (χ2n) is 9.74. The Morgan fingerprint density at radius 1 is 0.825 bits per heavy atom. The topological polar surface area (TPSA) is 70.6 Å². The minimum atomic E-state index is -1.03. The molecule has 0 saturated carbocycles. The van der Waals surface area contributed by atoms with Crippen molar-refractivity contribution in [3.63, 3.8) is 0 Å². The second kappa shape index (κ2) is 14.4. The van der Waals surface area contributed by atoms with Crippen LogP contribution in [0.25, 0.3) is 0 Å². The lowest BCUT2D eigenvalue weighted by Gasteiger charge is -2.25. The highest BCUT2D eigenvalue weighted by molar-refractivity contribution is 5.94. The van der Waals surface area contributed by atoms with Crippen molar-refractivity contribution in [3.05, 3.63) is 137 Å². The summed E-state index contributed by atoms with van der Waals surface area (Å²) in [5.41, 5.74) is 3.96. The third-order valence-corrected chi connectivity index (χ3v) is 6.59. The number of carbonyl (C=O) groups is 1. The number of aryl methyl sites for hydroxylation is 1. The minimum absolute atomic E-state index is 0.0405. The zero-order valence-electron chi connectivity index (χ0n) is 22.4. The van der Waals surface area contributed by atoms with Crippen LogP contribution in [0.5, 0.6) is 5.75 Å². The van der Waals surface area contributed by atoms with Gasteiger partial charge in [-0.2, -0.15) is 0 Å². The van der Waals surface area contributed by atoms with E-state index in [1.807, 2.05) is 42.5 Å². The number of nitrogens with one attached hydrogen (secondary N) is 2. The van der Waals surface area contributed by atoms with Gasteiger partial charge in [0.05, 0.1) is 12.1 Å². The Morgan fingerprint density at radius 3 is 2.27 bits per heavy atom. The van der Waals surface area contributed by atoms with Gasteiger partial charge >= 0.3 is 0 Å². The Bertz CT molecular complexity index is 1380. The second-order valence-corrected chi connectivity index (χ2v) is 9.74. The lowest BCUT2D eigenvalue weighted by Crippen LogP contribution is -2.48. The molecule has 0 saturated heterocycles. The van der Waals surface area contributed by atoms with E-state index in [4.69, 9.17) is 4.74 Å². The largest absolute Gasteiger partial charge is 0.489 e. The van der Waals surface area contributed by atoms with Gasteiger partial charge in [0.1, 0.15) is 24.0 Å².